The lowest BCUT2D eigenvalue weighted by Crippen LogP contribution is -2.54. The lowest BCUT2D eigenvalue weighted by atomic mass is 10.0. The quantitative estimate of drug-likeness (QED) is 0.601. The molecule has 7 nitrogen and oxygen atoms in total. The Morgan fingerprint density at radius 3 is 2.14 bits per heavy atom. The number of benzene rings is 1. The highest BCUT2D eigenvalue weighted by atomic mass is 16.6. The van der Waals surface area contributed by atoms with Crippen molar-refractivity contribution in [2.45, 2.75) is 71.6 Å². The summed E-state index contributed by atoms with van der Waals surface area (Å²) in [6.45, 7) is 9.13. The van der Waals surface area contributed by atoms with Gasteiger partial charge in [-0.1, -0.05) is 44.2 Å². The number of nitrogens with one attached hydrogen (secondary N) is 2. The second-order valence-corrected chi connectivity index (χ2v) is 8.32. The summed E-state index contributed by atoms with van der Waals surface area (Å²) in [6.07, 6.45) is 0.720. The number of hydrogen-bond donors (Lipinski definition) is 3. The molecule has 0 spiro atoms. The van der Waals surface area contributed by atoms with Crippen molar-refractivity contribution in [3.8, 4) is 0 Å². The Balaban J connectivity index is 2.75. The number of alkyl carbamates (subject to hydrolysis) is 1. The zero-order chi connectivity index (χ0) is 21.3. The first-order valence-electron chi connectivity index (χ1n) is 9.61. The van der Waals surface area contributed by atoms with Crippen LogP contribution in [-0.4, -0.2) is 35.6 Å². The van der Waals surface area contributed by atoms with Gasteiger partial charge >= 0.3 is 6.09 Å². The second-order valence-electron chi connectivity index (χ2n) is 8.32. The van der Waals surface area contributed by atoms with Gasteiger partial charge in [-0.15, -0.1) is 0 Å². The molecule has 0 fully saturated rings. The summed E-state index contributed by atoms with van der Waals surface area (Å²) in [5.41, 5.74) is 5.85. The SMILES string of the molecule is CC(C)C[C@H](NC(=O)OC(C)(C)C)C(=O)N[C@@H](CCc1ccccc1)C(N)=O. The van der Waals surface area contributed by atoms with Crippen molar-refractivity contribution in [1.29, 1.82) is 0 Å². The average Bonchev–Trinajstić information content (AvgIpc) is 2.56. The van der Waals surface area contributed by atoms with E-state index in [1.54, 1.807) is 20.8 Å². The fourth-order valence-electron chi connectivity index (χ4n) is 2.67. The van der Waals surface area contributed by atoms with Crippen molar-refractivity contribution in [2.75, 3.05) is 0 Å². The Morgan fingerprint density at radius 2 is 1.64 bits per heavy atom. The van der Waals surface area contributed by atoms with Crippen LogP contribution in [0, 0.1) is 5.92 Å². The van der Waals surface area contributed by atoms with Gasteiger partial charge < -0.3 is 21.1 Å². The van der Waals surface area contributed by atoms with Crippen molar-refractivity contribution < 1.29 is 19.1 Å². The van der Waals surface area contributed by atoms with Crippen LogP contribution >= 0.6 is 0 Å². The normalized spacial score (nSPS) is 13.5. The molecule has 0 saturated carbocycles. The van der Waals surface area contributed by atoms with Crippen LogP contribution in [0.1, 0.15) is 53.0 Å². The number of hydrogen-bond acceptors (Lipinski definition) is 4. The summed E-state index contributed by atoms with van der Waals surface area (Å²) in [7, 11) is 0. The monoisotopic (exact) mass is 391 g/mol. The molecule has 0 aliphatic carbocycles. The zero-order valence-corrected chi connectivity index (χ0v) is 17.5. The molecule has 3 amide bonds. The first-order valence-corrected chi connectivity index (χ1v) is 9.61. The number of carbonyl (C=O) groups excluding carboxylic acids is 3. The van der Waals surface area contributed by atoms with Gasteiger partial charge in [-0.2, -0.15) is 0 Å². The molecule has 28 heavy (non-hydrogen) atoms. The number of carbonyl (C=O) groups is 3. The van der Waals surface area contributed by atoms with Crippen molar-refractivity contribution in [2.24, 2.45) is 11.7 Å². The summed E-state index contributed by atoms with van der Waals surface area (Å²) in [5.74, 6) is -0.900. The highest BCUT2D eigenvalue weighted by Crippen LogP contribution is 2.11. The van der Waals surface area contributed by atoms with E-state index in [0.717, 1.165) is 5.56 Å². The Labute approximate surface area is 167 Å². The minimum Gasteiger partial charge on any atom is -0.444 e. The third-order valence-corrected chi connectivity index (χ3v) is 3.94. The number of amides is 3. The predicted molar refractivity (Wildman–Crippen MR) is 109 cm³/mol. The molecule has 156 valence electrons. The molecule has 0 aromatic heterocycles. The molecule has 0 bridgehead atoms. The molecular weight excluding hydrogens is 358 g/mol. The molecule has 1 aromatic rings. The highest BCUT2D eigenvalue weighted by Gasteiger charge is 2.28. The maximum absolute atomic E-state index is 12.7. The first-order chi connectivity index (χ1) is 13.0. The van der Waals surface area contributed by atoms with Gasteiger partial charge in [0.2, 0.25) is 11.8 Å². The summed E-state index contributed by atoms with van der Waals surface area (Å²) < 4.78 is 5.24. The molecule has 2 atom stereocenters. The van der Waals surface area contributed by atoms with Crippen molar-refractivity contribution >= 4 is 17.9 Å². The van der Waals surface area contributed by atoms with Crippen LogP contribution in [-0.2, 0) is 20.7 Å². The van der Waals surface area contributed by atoms with Crippen molar-refractivity contribution in [3.63, 3.8) is 0 Å². The Morgan fingerprint density at radius 1 is 1.04 bits per heavy atom. The van der Waals surface area contributed by atoms with Gasteiger partial charge in [-0.25, -0.2) is 4.79 Å². The van der Waals surface area contributed by atoms with E-state index in [1.807, 2.05) is 44.2 Å². The molecule has 0 radical (unpaired) electrons. The molecule has 0 saturated heterocycles. The summed E-state index contributed by atoms with van der Waals surface area (Å²) in [6, 6.07) is 8.01. The molecule has 0 heterocycles. The van der Waals surface area contributed by atoms with Crippen molar-refractivity contribution in [1.82, 2.24) is 10.6 Å². The Bertz CT molecular complexity index is 653. The van der Waals surface area contributed by atoms with E-state index in [2.05, 4.69) is 10.6 Å². The van der Waals surface area contributed by atoms with E-state index < -0.39 is 35.6 Å². The number of ether oxygens (including phenoxy) is 1. The highest BCUT2D eigenvalue weighted by molar-refractivity contribution is 5.90. The molecular formula is C21H33N3O4. The molecule has 4 N–H and O–H groups in total. The van der Waals surface area contributed by atoms with Crippen LogP contribution in [0.5, 0.6) is 0 Å². The lowest BCUT2D eigenvalue weighted by Gasteiger charge is -2.25. The van der Waals surface area contributed by atoms with E-state index in [4.69, 9.17) is 10.5 Å². The van der Waals surface area contributed by atoms with Gasteiger partial charge in [-0.05, 0) is 51.5 Å². The van der Waals surface area contributed by atoms with Crippen molar-refractivity contribution in [3.05, 3.63) is 35.9 Å². The summed E-state index contributed by atoms with van der Waals surface area (Å²) in [4.78, 5) is 36.6. The van der Waals surface area contributed by atoms with E-state index in [1.165, 1.54) is 0 Å². The minimum atomic E-state index is -0.817. The minimum absolute atomic E-state index is 0.155. The Kier molecular flexibility index (Phi) is 8.96. The number of nitrogens with two attached hydrogens (primary N) is 1. The van der Waals surface area contributed by atoms with Crippen LogP contribution < -0.4 is 16.4 Å². The fourth-order valence-corrected chi connectivity index (χ4v) is 2.67. The zero-order valence-electron chi connectivity index (χ0n) is 17.5. The van der Waals surface area contributed by atoms with Gasteiger partial charge in [0, 0.05) is 0 Å². The third kappa shape index (κ3) is 9.39. The largest absolute Gasteiger partial charge is 0.444 e. The third-order valence-electron chi connectivity index (χ3n) is 3.94. The molecule has 0 unspecified atom stereocenters. The summed E-state index contributed by atoms with van der Waals surface area (Å²) in [5, 5.41) is 5.27. The van der Waals surface area contributed by atoms with E-state index in [0.29, 0.717) is 19.3 Å². The average molecular weight is 392 g/mol. The van der Waals surface area contributed by atoms with Crippen LogP contribution in [0.3, 0.4) is 0 Å². The van der Waals surface area contributed by atoms with Gasteiger partial charge in [-0.3, -0.25) is 9.59 Å². The number of rotatable bonds is 9. The summed E-state index contributed by atoms with van der Waals surface area (Å²) >= 11 is 0. The predicted octanol–water partition coefficient (Wildman–Crippen LogP) is 2.53. The van der Waals surface area contributed by atoms with E-state index in [9.17, 15) is 14.4 Å². The van der Waals surface area contributed by atoms with Gasteiger partial charge in [0.25, 0.3) is 0 Å². The fraction of sp³-hybridized carbons (Fsp3) is 0.571. The number of primary amides is 1. The smallest absolute Gasteiger partial charge is 0.408 e. The Hall–Kier alpha value is -2.57. The second kappa shape index (κ2) is 10.7. The number of aryl methyl sites for hydroxylation is 1. The van der Waals surface area contributed by atoms with E-state index in [-0.39, 0.29) is 5.92 Å². The van der Waals surface area contributed by atoms with E-state index >= 15 is 0 Å². The maximum atomic E-state index is 12.7. The van der Waals surface area contributed by atoms with Crippen LogP contribution in [0.25, 0.3) is 0 Å². The van der Waals surface area contributed by atoms with Gasteiger partial charge in [0.15, 0.2) is 0 Å². The van der Waals surface area contributed by atoms with Gasteiger partial charge in [0.1, 0.15) is 17.7 Å². The topological polar surface area (TPSA) is 111 Å². The standard InChI is InChI=1S/C21H33N3O4/c1-14(2)13-17(24-20(27)28-21(3,4)5)19(26)23-16(18(22)25)12-11-15-9-7-6-8-10-15/h6-10,14,16-17H,11-13H2,1-5H3,(H2,22,25)(H,23,26)(H,24,27)/t16-,17-/m0/s1. The van der Waals surface area contributed by atoms with Crippen LogP contribution in [0.4, 0.5) is 4.79 Å². The molecule has 0 aliphatic heterocycles. The maximum Gasteiger partial charge on any atom is 0.408 e. The molecule has 1 aromatic carbocycles. The molecule has 1 rings (SSSR count). The molecule has 7 heteroatoms. The van der Waals surface area contributed by atoms with Crippen LogP contribution in [0.2, 0.25) is 0 Å². The van der Waals surface area contributed by atoms with Crippen LogP contribution in [0.15, 0.2) is 30.3 Å². The van der Waals surface area contributed by atoms with Gasteiger partial charge in [0.05, 0.1) is 0 Å². The lowest BCUT2D eigenvalue weighted by molar-refractivity contribution is -0.129. The molecule has 0 aliphatic rings. The first kappa shape index (κ1) is 23.5.